The molecule has 0 aliphatic heterocycles. The lowest BCUT2D eigenvalue weighted by atomic mass is 10.1. The molecule has 0 aliphatic carbocycles. The third-order valence-corrected chi connectivity index (χ3v) is 4.10. The summed E-state index contributed by atoms with van der Waals surface area (Å²) in [6.45, 7) is 3.13. The Hall–Kier alpha value is -1.79. The van der Waals surface area contributed by atoms with E-state index in [-0.39, 0.29) is 6.04 Å². The zero-order valence-corrected chi connectivity index (χ0v) is 13.1. The fourth-order valence-electron chi connectivity index (χ4n) is 2.56. The van der Waals surface area contributed by atoms with Crippen molar-refractivity contribution in [2.45, 2.75) is 25.8 Å². The average molecular weight is 301 g/mol. The molecule has 0 saturated heterocycles. The van der Waals surface area contributed by atoms with Gasteiger partial charge in [-0.2, -0.15) is 13.8 Å². The highest BCUT2D eigenvalue weighted by Crippen LogP contribution is 2.23. The molecule has 21 heavy (non-hydrogen) atoms. The van der Waals surface area contributed by atoms with Crippen LogP contribution in [0.4, 0.5) is 0 Å². The molecule has 1 N–H and O–H groups in total. The first kappa shape index (κ1) is 14.2. The second-order valence-corrected chi connectivity index (χ2v) is 5.69. The number of rotatable bonds is 6. The largest absolute Gasteiger partial charge is 0.308 e. The van der Waals surface area contributed by atoms with Crippen molar-refractivity contribution in [2.75, 3.05) is 6.54 Å². The first-order chi connectivity index (χ1) is 10.3. The van der Waals surface area contributed by atoms with E-state index in [1.165, 1.54) is 17.1 Å². The lowest BCUT2D eigenvalue weighted by Gasteiger charge is -2.14. The predicted octanol–water partition coefficient (Wildman–Crippen LogP) is 2.71. The maximum Gasteiger partial charge on any atom is 0.0916 e. The Morgan fingerprint density at radius 2 is 2.19 bits per heavy atom. The summed E-state index contributed by atoms with van der Waals surface area (Å²) in [4.78, 5) is 0. The Morgan fingerprint density at radius 1 is 1.33 bits per heavy atom. The van der Waals surface area contributed by atoms with E-state index in [0.717, 1.165) is 36.3 Å². The standard InChI is InChI=1S/C15H19N5S/c1-3-8-16-13(14-10-17-21-19-14)9-12-11-6-4-5-7-15(11)20(2)18-12/h4-7,10,13,16H,3,8-9H2,1-2H3. The van der Waals surface area contributed by atoms with Gasteiger partial charge in [-0.05, 0) is 19.0 Å². The molecular formula is C15H19N5S. The van der Waals surface area contributed by atoms with Gasteiger partial charge in [-0.1, -0.05) is 25.1 Å². The lowest BCUT2D eigenvalue weighted by molar-refractivity contribution is 0.514. The molecule has 1 atom stereocenters. The normalized spacial score (nSPS) is 12.9. The van der Waals surface area contributed by atoms with E-state index >= 15 is 0 Å². The number of hydrogen-bond donors (Lipinski definition) is 1. The molecule has 5 nitrogen and oxygen atoms in total. The number of aromatic nitrogens is 4. The van der Waals surface area contributed by atoms with Crippen LogP contribution in [0.25, 0.3) is 10.9 Å². The summed E-state index contributed by atoms with van der Waals surface area (Å²) in [5.74, 6) is 0. The van der Waals surface area contributed by atoms with Crippen molar-refractivity contribution in [3.05, 3.63) is 41.9 Å². The van der Waals surface area contributed by atoms with Crippen LogP contribution in [0.15, 0.2) is 30.5 Å². The van der Waals surface area contributed by atoms with Crippen molar-refractivity contribution in [2.24, 2.45) is 7.05 Å². The lowest BCUT2D eigenvalue weighted by Crippen LogP contribution is -2.24. The molecule has 0 saturated carbocycles. The van der Waals surface area contributed by atoms with Crippen LogP contribution in [-0.2, 0) is 13.5 Å². The number of fused-ring (bicyclic) bond motifs is 1. The Balaban J connectivity index is 1.90. The summed E-state index contributed by atoms with van der Waals surface area (Å²) < 4.78 is 10.5. The molecule has 0 bridgehead atoms. The smallest absolute Gasteiger partial charge is 0.0916 e. The minimum Gasteiger partial charge on any atom is -0.308 e. The van der Waals surface area contributed by atoms with Crippen LogP contribution in [0.5, 0.6) is 0 Å². The molecule has 1 unspecified atom stereocenters. The fourth-order valence-corrected chi connectivity index (χ4v) is 3.03. The van der Waals surface area contributed by atoms with E-state index in [1.54, 1.807) is 0 Å². The van der Waals surface area contributed by atoms with Gasteiger partial charge in [0.25, 0.3) is 0 Å². The number of nitrogens with zero attached hydrogens (tertiary/aromatic N) is 4. The van der Waals surface area contributed by atoms with E-state index < -0.39 is 0 Å². The van der Waals surface area contributed by atoms with Crippen LogP contribution >= 0.6 is 11.7 Å². The molecular weight excluding hydrogens is 282 g/mol. The van der Waals surface area contributed by atoms with Gasteiger partial charge in [-0.25, -0.2) is 0 Å². The second-order valence-electron chi connectivity index (χ2n) is 5.13. The number of aryl methyl sites for hydroxylation is 1. The van der Waals surface area contributed by atoms with Crippen molar-refractivity contribution < 1.29 is 0 Å². The minimum absolute atomic E-state index is 0.169. The average Bonchev–Trinajstić information content (AvgIpc) is 3.13. The maximum atomic E-state index is 4.68. The zero-order valence-electron chi connectivity index (χ0n) is 12.3. The van der Waals surface area contributed by atoms with Crippen molar-refractivity contribution in [3.63, 3.8) is 0 Å². The van der Waals surface area contributed by atoms with Gasteiger partial charge in [-0.15, -0.1) is 0 Å². The number of benzene rings is 1. The highest BCUT2D eigenvalue weighted by Gasteiger charge is 2.18. The molecule has 2 aromatic heterocycles. The van der Waals surface area contributed by atoms with Gasteiger partial charge in [0.2, 0.25) is 0 Å². The highest BCUT2D eigenvalue weighted by molar-refractivity contribution is 6.99. The van der Waals surface area contributed by atoms with Crippen molar-refractivity contribution in [1.29, 1.82) is 0 Å². The van der Waals surface area contributed by atoms with Gasteiger partial charge in [0.15, 0.2) is 0 Å². The van der Waals surface area contributed by atoms with Crippen molar-refractivity contribution >= 4 is 22.6 Å². The van der Waals surface area contributed by atoms with Gasteiger partial charge >= 0.3 is 0 Å². The minimum atomic E-state index is 0.169. The number of hydrogen-bond acceptors (Lipinski definition) is 5. The Bertz CT molecular complexity index is 704. The number of nitrogens with one attached hydrogen (secondary N) is 1. The second kappa shape index (κ2) is 6.32. The van der Waals surface area contributed by atoms with Gasteiger partial charge in [0, 0.05) is 18.9 Å². The van der Waals surface area contributed by atoms with Crippen LogP contribution < -0.4 is 5.32 Å². The van der Waals surface area contributed by atoms with Crippen molar-refractivity contribution in [3.8, 4) is 0 Å². The van der Waals surface area contributed by atoms with E-state index in [4.69, 9.17) is 0 Å². The third kappa shape index (κ3) is 2.96. The van der Waals surface area contributed by atoms with E-state index in [9.17, 15) is 0 Å². The summed E-state index contributed by atoms with van der Waals surface area (Å²) >= 11 is 1.26. The summed E-state index contributed by atoms with van der Waals surface area (Å²) in [6, 6.07) is 8.51. The molecule has 0 aliphatic rings. The Kier molecular flexibility index (Phi) is 4.26. The van der Waals surface area contributed by atoms with Crippen LogP contribution in [0.3, 0.4) is 0 Å². The summed E-state index contributed by atoms with van der Waals surface area (Å²) in [5.41, 5.74) is 3.27. The van der Waals surface area contributed by atoms with Gasteiger partial charge in [-0.3, -0.25) is 4.68 Å². The fraction of sp³-hybridized carbons (Fsp3) is 0.400. The summed E-state index contributed by atoms with van der Waals surface area (Å²) in [5, 5.41) is 9.44. The molecule has 0 fully saturated rings. The van der Waals surface area contributed by atoms with Crippen LogP contribution in [0.1, 0.15) is 30.8 Å². The Labute approximate surface area is 128 Å². The zero-order chi connectivity index (χ0) is 14.7. The maximum absolute atomic E-state index is 4.68. The molecule has 3 aromatic rings. The van der Waals surface area contributed by atoms with Crippen LogP contribution in [-0.4, -0.2) is 25.1 Å². The third-order valence-electron chi connectivity index (χ3n) is 3.61. The van der Waals surface area contributed by atoms with Crippen LogP contribution in [0, 0.1) is 0 Å². The SMILES string of the molecule is CCCNC(Cc1nn(C)c2ccccc12)c1cnsn1. The monoisotopic (exact) mass is 301 g/mol. The van der Waals surface area contributed by atoms with Gasteiger partial charge in [0.05, 0.1) is 40.9 Å². The first-order valence-corrected chi connectivity index (χ1v) is 7.94. The molecule has 3 rings (SSSR count). The van der Waals surface area contributed by atoms with E-state index in [0.29, 0.717) is 0 Å². The van der Waals surface area contributed by atoms with Gasteiger partial charge < -0.3 is 5.32 Å². The Morgan fingerprint density at radius 3 is 2.95 bits per heavy atom. The van der Waals surface area contributed by atoms with E-state index in [1.807, 2.05) is 24.0 Å². The summed E-state index contributed by atoms with van der Waals surface area (Å²) in [7, 11) is 1.99. The van der Waals surface area contributed by atoms with Gasteiger partial charge in [0.1, 0.15) is 0 Å². The molecule has 0 amide bonds. The highest BCUT2D eigenvalue weighted by atomic mass is 32.1. The topological polar surface area (TPSA) is 55.6 Å². The molecule has 0 radical (unpaired) electrons. The van der Waals surface area contributed by atoms with E-state index in [2.05, 4.69) is 44.3 Å². The predicted molar refractivity (Wildman–Crippen MR) is 85.4 cm³/mol. The van der Waals surface area contributed by atoms with Crippen LogP contribution in [0.2, 0.25) is 0 Å². The quantitative estimate of drug-likeness (QED) is 0.760. The summed E-state index contributed by atoms with van der Waals surface area (Å²) in [6.07, 6.45) is 3.77. The number of para-hydroxylation sites is 1. The van der Waals surface area contributed by atoms with Crippen molar-refractivity contribution in [1.82, 2.24) is 23.8 Å². The first-order valence-electron chi connectivity index (χ1n) is 7.21. The molecule has 0 spiro atoms. The molecule has 6 heteroatoms. The molecule has 2 heterocycles. The molecule has 110 valence electrons. The molecule has 1 aromatic carbocycles.